The van der Waals surface area contributed by atoms with E-state index in [1.807, 2.05) is 11.8 Å². The van der Waals surface area contributed by atoms with Gasteiger partial charge in [0.2, 0.25) is 0 Å². The normalized spacial score (nSPS) is 41.7. The fraction of sp³-hybridized carbons (Fsp3) is 0.917. The SMILES string of the molecule is O=CC1(CC2CCC(O)CC2)CCCS1. The van der Waals surface area contributed by atoms with Crippen LogP contribution < -0.4 is 0 Å². The summed E-state index contributed by atoms with van der Waals surface area (Å²) < 4.78 is -0.0625. The molecule has 0 bridgehead atoms. The molecule has 0 amide bonds. The molecule has 2 aliphatic rings. The molecule has 1 heterocycles. The van der Waals surface area contributed by atoms with Gasteiger partial charge >= 0.3 is 0 Å². The van der Waals surface area contributed by atoms with Gasteiger partial charge in [0.25, 0.3) is 0 Å². The van der Waals surface area contributed by atoms with Gasteiger partial charge in [0.05, 0.1) is 10.9 Å². The molecule has 0 radical (unpaired) electrons. The summed E-state index contributed by atoms with van der Waals surface area (Å²) in [7, 11) is 0. The zero-order chi connectivity index (χ0) is 10.7. The molecule has 1 saturated heterocycles. The first-order valence-corrected chi connectivity index (χ1v) is 7.01. The third-order valence-corrected chi connectivity index (χ3v) is 5.33. The van der Waals surface area contributed by atoms with Crippen LogP contribution in [0.1, 0.15) is 44.9 Å². The predicted octanol–water partition coefficient (Wildman–Crippen LogP) is 2.39. The molecule has 0 aromatic heterocycles. The Morgan fingerprint density at radius 3 is 2.60 bits per heavy atom. The zero-order valence-electron chi connectivity index (χ0n) is 9.15. The summed E-state index contributed by atoms with van der Waals surface area (Å²) >= 11 is 1.85. The van der Waals surface area contributed by atoms with Crippen LogP contribution in [0.4, 0.5) is 0 Å². The molecule has 15 heavy (non-hydrogen) atoms. The van der Waals surface area contributed by atoms with Gasteiger partial charge in [-0.3, -0.25) is 0 Å². The Labute approximate surface area is 95.8 Å². The van der Waals surface area contributed by atoms with Crippen molar-refractivity contribution in [3.63, 3.8) is 0 Å². The van der Waals surface area contributed by atoms with Gasteiger partial charge in [0.1, 0.15) is 6.29 Å². The maximum absolute atomic E-state index is 11.2. The summed E-state index contributed by atoms with van der Waals surface area (Å²) in [5.41, 5.74) is 0. The molecule has 86 valence electrons. The Morgan fingerprint density at radius 1 is 1.33 bits per heavy atom. The molecular formula is C12H20O2S. The maximum atomic E-state index is 11.2. The minimum absolute atomic E-state index is 0.0625. The average Bonchev–Trinajstić information content (AvgIpc) is 2.71. The summed E-state index contributed by atoms with van der Waals surface area (Å²) in [5.74, 6) is 1.82. The molecule has 2 nitrogen and oxygen atoms in total. The monoisotopic (exact) mass is 228 g/mol. The van der Waals surface area contributed by atoms with Gasteiger partial charge < -0.3 is 9.90 Å². The predicted molar refractivity (Wildman–Crippen MR) is 63.1 cm³/mol. The van der Waals surface area contributed by atoms with Crippen LogP contribution in [0.3, 0.4) is 0 Å². The Morgan fingerprint density at radius 2 is 2.07 bits per heavy atom. The molecule has 1 atom stereocenters. The second-order valence-corrected chi connectivity index (χ2v) is 6.52. The highest BCUT2D eigenvalue weighted by molar-refractivity contribution is 8.01. The van der Waals surface area contributed by atoms with Crippen LogP contribution in [-0.2, 0) is 4.79 Å². The van der Waals surface area contributed by atoms with Gasteiger partial charge in [0, 0.05) is 0 Å². The van der Waals surface area contributed by atoms with Gasteiger partial charge in [-0.25, -0.2) is 0 Å². The molecule has 2 rings (SSSR count). The maximum Gasteiger partial charge on any atom is 0.136 e. The molecule has 0 aromatic rings. The quantitative estimate of drug-likeness (QED) is 0.754. The number of aliphatic hydroxyl groups excluding tert-OH is 1. The van der Waals surface area contributed by atoms with Crippen molar-refractivity contribution in [3.8, 4) is 0 Å². The van der Waals surface area contributed by atoms with Crippen molar-refractivity contribution in [2.45, 2.75) is 55.8 Å². The highest BCUT2D eigenvalue weighted by Gasteiger charge is 2.37. The van der Waals surface area contributed by atoms with E-state index < -0.39 is 0 Å². The van der Waals surface area contributed by atoms with Gasteiger partial charge in [0.15, 0.2) is 0 Å². The van der Waals surface area contributed by atoms with Crippen molar-refractivity contribution in [2.24, 2.45) is 5.92 Å². The minimum atomic E-state index is -0.0790. The molecule has 0 aromatic carbocycles. The minimum Gasteiger partial charge on any atom is -0.393 e. The fourth-order valence-electron chi connectivity index (χ4n) is 2.86. The number of thioether (sulfide) groups is 1. The number of hydrogen-bond acceptors (Lipinski definition) is 3. The summed E-state index contributed by atoms with van der Waals surface area (Å²) in [4.78, 5) is 11.2. The molecule has 1 aliphatic carbocycles. The van der Waals surface area contributed by atoms with Crippen molar-refractivity contribution in [3.05, 3.63) is 0 Å². The van der Waals surface area contributed by atoms with E-state index in [9.17, 15) is 9.90 Å². The number of aldehydes is 1. The number of carbonyl (C=O) groups is 1. The lowest BCUT2D eigenvalue weighted by Crippen LogP contribution is -2.29. The van der Waals surface area contributed by atoms with Crippen LogP contribution in [-0.4, -0.2) is 28.0 Å². The van der Waals surface area contributed by atoms with Crippen molar-refractivity contribution in [1.29, 1.82) is 0 Å². The van der Waals surface area contributed by atoms with Crippen molar-refractivity contribution >= 4 is 18.0 Å². The summed E-state index contributed by atoms with van der Waals surface area (Å²) in [6.45, 7) is 0. The summed E-state index contributed by atoms with van der Waals surface area (Å²) in [6.07, 6.45) is 8.51. The molecule has 2 fully saturated rings. The van der Waals surface area contributed by atoms with E-state index in [4.69, 9.17) is 0 Å². The zero-order valence-corrected chi connectivity index (χ0v) is 9.97. The highest BCUT2D eigenvalue weighted by atomic mass is 32.2. The van der Waals surface area contributed by atoms with E-state index in [-0.39, 0.29) is 10.9 Å². The van der Waals surface area contributed by atoms with Crippen LogP contribution in [0.15, 0.2) is 0 Å². The molecule has 3 heteroatoms. The lowest BCUT2D eigenvalue weighted by atomic mass is 9.80. The van der Waals surface area contributed by atoms with E-state index in [1.54, 1.807) is 0 Å². The molecular weight excluding hydrogens is 208 g/mol. The molecule has 1 unspecified atom stereocenters. The molecule has 1 aliphatic heterocycles. The Hall–Kier alpha value is -0.0200. The molecule has 0 spiro atoms. The number of carbonyl (C=O) groups excluding carboxylic acids is 1. The largest absolute Gasteiger partial charge is 0.393 e. The first kappa shape index (κ1) is 11.5. The van der Waals surface area contributed by atoms with Gasteiger partial charge in [-0.15, -0.1) is 11.8 Å². The third kappa shape index (κ3) is 2.76. The van der Waals surface area contributed by atoms with Gasteiger partial charge in [-0.1, -0.05) is 0 Å². The number of hydrogen-bond donors (Lipinski definition) is 1. The standard InChI is InChI=1S/C12H20O2S/c13-9-12(6-1-7-15-12)8-10-2-4-11(14)5-3-10/h9-11,14H,1-8H2. The van der Waals surface area contributed by atoms with E-state index in [0.29, 0.717) is 5.92 Å². The average molecular weight is 228 g/mol. The van der Waals surface area contributed by atoms with Crippen molar-refractivity contribution in [1.82, 2.24) is 0 Å². The van der Waals surface area contributed by atoms with Crippen LogP contribution in [0.25, 0.3) is 0 Å². The van der Waals surface area contributed by atoms with E-state index in [2.05, 4.69) is 0 Å². The lowest BCUT2D eigenvalue weighted by molar-refractivity contribution is -0.110. The van der Waals surface area contributed by atoms with E-state index in [0.717, 1.165) is 44.3 Å². The number of aliphatic hydroxyl groups is 1. The first-order valence-electron chi connectivity index (χ1n) is 6.02. The smallest absolute Gasteiger partial charge is 0.136 e. The molecule has 1 N–H and O–H groups in total. The van der Waals surface area contributed by atoms with Crippen molar-refractivity contribution < 1.29 is 9.90 Å². The van der Waals surface area contributed by atoms with Gasteiger partial charge in [-0.2, -0.15) is 0 Å². The highest BCUT2D eigenvalue weighted by Crippen LogP contribution is 2.43. The van der Waals surface area contributed by atoms with Crippen LogP contribution in [0.5, 0.6) is 0 Å². The number of rotatable bonds is 3. The third-order valence-electron chi connectivity index (χ3n) is 3.80. The second-order valence-electron chi connectivity index (χ2n) is 5.01. The van der Waals surface area contributed by atoms with E-state index in [1.165, 1.54) is 12.7 Å². The topological polar surface area (TPSA) is 37.3 Å². The Bertz CT molecular complexity index is 216. The van der Waals surface area contributed by atoms with Crippen LogP contribution in [0, 0.1) is 5.92 Å². The van der Waals surface area contributed by atoms with Crippen molar-refractivity contribution in [2.75, 3.05) is 5.75 Å². The summed E-state index contributed by atoms with van der Waals surface area (Å²) in [5, 5.41) is 9.43. The van der Waals surface area contributed by atoms with Crippen LogP contribution in [0.2, 0.25) is 0 Å². The first-order chi connectivity index (χ1) is 7.24. The van der Waals surface area contributed by atoms with E-state index >= 15 is 0 Å². The van der Waals surface area contributed by atoms with Gasteiger partial charge in [-0.05, 0) is 56.6 Å². The Kier molecular flexibility index (Phi) is 3.73. The molecule has 1 saturated carbocycles. The summed E-state index contributed by atoms with van der Waals surface area (Å²) in [6, 6.07) is 0. The lowest BCUT2D eigenvalue weighted by Gasteiger charge is -2.31. The fourth-order valence-corrected chi connectivity index (χ4v) is 4.26. The Balaban J connectivity index is 1.87. The van der Waals surface area contributed by atoms with Crippen LogP contribution >= 0.6 is 11.8 Å². The second kappa shape index (κ2) is 4.88.